The summed E-state index contributed by atoms with van der Waals surface area (Å²) in [4.78, 5) is 2.11. The first-order valence-corrected chi connectivity index (χ1v) is 6.23. The minimum Gasteiger partial charge on any atom is -0.409 e. The van der Waals surface area contributed by atoms with Crippen molar-refractivity contribution < 1.29 is 14.0 Å². The molecule has 4 nitrogen and oxygen atoms in total. The monoisotopic (exact) mass is 269 g/mol. The zero-order chi connectivity index (χ0) is 13.8. The second-order valence-corrected chi connectivity index (χ2v) is 4.85. The molecule has 0 aromatic heterocycles. The average Bonchev–Trinajstić information content (AvgIpc) is 2.37. The van der Waals surface area contributed by atoms with Crippen LogP contribution in [-0.2, 0) is 6.54 Å². The maximum absolute atomic E-state index is 13.1. The van der Waals surface area contributed by atoms with Gasteiger partial charge in [-0.2, -0.15) is 0 Å². The van der Waals surface area contributed by atoms with Crippen LogP contribution < -0.4 is 5.73 Å². The lowest BCUT2D eigenvalue weighted by molar-refractivity contribution is 0.198. The van der Waals surface area contributed by atoms with Gasteiger partial charge >= 0.3 is 0 Å². The molecule has 1 aromatic rings. The number of rotatable bonds is 3. The highest BCUT2D eigenvalue weighted by Gasteiger charge is 2.22. The number of piperidine rings is 1. The molecule has 0 unspecified atom stereocenters. The lowest BCUT2D eigenvalue weighted by atomic mass is 9.95. The Morgan fingerprint density at radius 1 is 1.26 bits per heavy atom. The molecule has 1 aliphatic rings. The van der Waals surface area contributed by atoms with E-state index in [-0.39, 0.29) is 11.8 Å². The van der Waals surface area contributed by atoms with Crippen molar-refractivity contribution >= 4 is 5.84 Å². The fraction of sp³-hybridized carbons (Fsp3) is 0.462. The minimum absolute atomic E-state index is 0.0884. The number of likely N-dealkylation sites (tertiary alicyclic amines) is 1. The molecule has 2 rings (SSSR count). The van der Waals surface area contributed by atoms with Crippen LogP contribution in [0.1, 0.15) is 18.4 Å². The number of hydrogen-bond acceptors (Lipinski definition) is 3. The molecule has 0 amide bonds. The lowest BCUT2D eigenvalue weighted by Gasteiger charge is -2.31. The van der Waals surface area contributed by atoms with Crippen LogP contribution in [0.2, 0.25) is 0 Å². The summed E-state index contributed by atoms with van der Waals surface area (Å²) < 4.78 is 26.2. The van der Waals surface area contributed by atoms with E-state index in [0.717, 1.165) is 32.0 Å². The molecular weight excluding hydrogens is 252 g/mol. The highest BCUT2D eigenvalue weighted by atomic mass is 19.1. The van der Waals surface area contributed by atoms with Crippen LogP contribution in [-0.4, -0.2) is 29.0 Å². The molecule has 1 aromatic carbocycles. The van der Waals surface area contributed by atoms with Crippen molar-refractivity contribution in [2.24, 2.45) is 16.8 Å². The zero-order valence-corrected chi connectivity index (χ0v) is 10.5. The predicted octanol–water partition coefficient (Wildman–Crippen LogP) is 1.92. The first-order chi connectivity index (χ1) is 9.08. The van der Waals surface area contributed by atoms with Gasteiger partial charge < -0.3 is 10.9 Å². The summed E-state index contributed by atoms with van der Waals surface area (Å²) in [5.41, 5.74) is 6.19. The highest BCUT2D eigenvalue weighted by molar-refractivity contribution is 5.82. The number of hydrogen-bond donors (Lipinski definition) is 2. The van der Waals surface area contributed by atoms with Crippen molar-refractivity contribution in [3.05, 3.63) is 35.4 Å². The third-order valence-electron chi connectivity index (χ3n) is 3.45. The van der Waals surface area contributed by atoms with Gasteiger partial charge in [0, 0.05) is 18.5 Å². The van der Waals surface area contributed by atoms with Crippen molar-refractivity contribution in [1.29, 1.82) is 0 Å². The van der Waals surface area contributed by atoms with Gasteiger partial charge in [0.2, 0.25) is 0 Å². The molecule has 0 saturated carbocycles. The number of nitrogens with zero attached hydrogens (tertiary/aromatic N) is 2. The summed E-state index contributed by atoms with van der Waals surface area (Å²) in [5.74, 6) is -0.759. The molecule has 3 N–H and O–H groups in total. The molecule has 1 fully saturated rings. The van der Waals surface area contributed by atoms with Gasteiger partial charge in [0.25, 0.3) is 0 Å². The molecule has 104 valence electrons. The maximum Gasteiger partial charge on any atom is 0.142 e. The Hall–Kier alpha value is -1.69. The molecule has 1 saturated heterocycles. The predicted molar refractivity (Wildman–Crippen MR) is 67.8 cm³/mol. The van der Waals surface area contributed by atoms with Crippen molar-refractivity contribution in [3.8, 4) is 0 Å². The topological polar surface area (TPSA) is 61.9 Å². The molecule has 19 heavy (non-hydrogen) atoms. The van der Waals surface area contributed by atoms with E-state index >= 15 is 0 Å². The minimum atomic E-state index is -0.554. The number of amidine groups is 1. The molecule has 0 aliphatic carbocycles. The van der Waals surface area contributed by atoms with Crippen molar-refractivity contribution in [2.45, 2.75) is 19.4 Å². The smallest absolute Gasteiger partial charge is 0.142 e. The van der Waals surface area contributed by atoms with Crippen LogP contribution in [0, 0.1) is 17.6 Å². The number of nitrogens with two attached hydrogens (primary N) is 1. The number of halogens is 2. The van der Waals surface area contributed by atoms with Crippen LogP contribution in [0.15, 0.2) is 23.4 Å². The van der Waals surface area contributed by atoms with Gasteiger partial charge in [-0.25, -0.2) is 8.78 Å². The first kappa shape index (κ1) is 13.7. The highest BCUT2D eigenvalue weighted by Crippen LogP contribution is 2.19. The maximum atomic E-state index is 13.1. The molecule has 0 radical (unpaired) electrons. The summed E-state index contributed by atoms with van der Waals surface area (Å²) in [7, 11) is 0. The summed E-state index contributed by atoms with van der Waals surface area (Å²) in [6.45, 7) is 2.04. The normalized spacial score (nSPS) is 18.7. The van der Waals surface area contributed by atoms with Crippen molar-refractivity contribution in [3.63, 3.8) is 0 Å². The largest absolute Gasteiger partial charge is 0.409 e. The Morgan fingerprint density at radius 2 is 1.84 bits per heavy atom. The molecule has 0 atom stereocenters. The Morgan fingerprint density at radius 3 is 2.37 bits per heavy atom. The molecule has 1 aliphatic heterocycles. The van der Waals surface area contributed by atoms with E-state index in [4.69, 9.17) is 10.9 Å². The van der Waals surface area contributed by atoms with Crippen LogP contribution in [0.25, 0.3) is 0 Å². The second-order valence-electron chi connectivity index (χ2n) is 4.85. The van der Waals surface area contributed by atoms with E-state index in [9.17, 15) is 8.78 Å². The van der Waals surface area contributed by atoms with E-state index < -0.39 is 11.6 Å². The molecule has 6 heteroatoms. The van der Waals surface area contributed by atoms with E-state index in [2.05, 4.69) is 10.1 Å². The van der Waals surface area contributed by atoms with Gasteiger partial charge in [-0.15, -0.1) is 0 Å². The summed E-state index contributed by atoms with van der Waals surface area (Å²) >= 11 is 0. The van der Waals surface area contributed by atoms with Gasteiger partial charge in [-0.05, 0) is 43.6 Å². The van der Waals surface area contributed by atoms with E-state index in [0.29, 0.717) is 12.1 Å². The summed E-state index contributed by atoms with van der Waals surface area (Å²) in [6, 6.07) is 3.56. The van der Waals surface area contributed by atoms with Gasteiger partial charge in [0.05, 0.1) is 0 Å². The van der Waals surface area contributed by atoms with Crippen molar-refractivity contribution in [1.82, 2.24) is 4.90 Å². The average molecular weight is 269 g/mol. The lowest BCUT2D eigenvalue weighted by Crippen LogP contribution is -2.38. The molecular formula is C13H17F2N3O. The van der Waals surface area contributed by atoms with Gasteiger partial charge in [-0.3, -0.25) is 4.90 Å². The molecule has 0 bridgehead atoms. The Bertz CT molecular complexity index is 451. The van der Waals surface area contributed by atoms with Crippen LogP contribution >= 0.6 is 0 Å². The fourth-order valence-corrected chi connectivity index (χ4v) is 2.43. The number of benzene rings is 1. The Balaban J connectivity index is 1.92. The third kappa shape index (κ3) is 3.64. The first-order valence-electron chi connectivity index (χ1n) is 6.23. The molecule has 0 spiro atoms. The van der Waals surface area contributed by atoms with Gasteiger partial charge in [-0.1, -0.05) is 5.16 Å². The standard InChI is InChI=1S/C13H17F2N3O/c14-11-5-9(6-12(15)7-11)8-18-3-1-10(2-4-18)13(16)17-19/h5-7,10,19H,1-4,8H2,(H2,16,17). The van der Waals surface area contributed by atoms with Crippen LogP contribution in [0.3, 0.4) is 0 Å². The van der Waals surface area contributed by atoms with Crippen LogP contribution in [0.5, 0.6) is 0 Å². The SMILES string of the molecule is N/C(=N/O)C1CCN(Cc2cc(F)cc(F)c2)CC1. The quantitative estimate of drug-likeness (QED) is 0.381. The second kappa shape index (κ2) is 5.97. The fourth-order valence-electron chi connectivity index (χ4n) is 2.43. The van der Waals surface area contributed by atoms with E-state index in [1.807, 2.05) is 0 Å². The molecule has 1 heterocycles. The Labute approximate surface area is 110 Å². The summed E-state index contributed by atoms with van der Waals surface area (Å²) in [6.07, 6.45) is 1.57. The third-order valence-corrected chi connectivity index (χ3v) is 3.45. The van der Waals surface area contributed by atoms with Gasteiger partial charge in [0.1, 0.15) is 17.5 Å². The van der Waals surface area contributed by atoms with Crippen molar-refractivity contribution in [2.75, 3.05) is 13.1 Å². The van der Waals surface area contributed by atoms with E-state index in [1.165, 1.54) is 12.1 Å². The Kier molecular flexibility index (Phi) is 4.31. The van der Waals surface area contributed by atoms with E-state index in [1.54, 1.807) is 0 Å². The zero-order valence-electron chi connectivity index (χ0n) is 10.5. The number of oxime groups is 1. The summed E-state index contributed by atoms with van der Waals surface area (Å²) in [5, 5.41) is 11.6. The van der Waals surface area contributed by atoms with Crippen LogP contribution in [0.4, 0.5) is 8.78 Å². The van der Waals surface area contributed by atoms with Gasteiger partial charge in [0.15, 0.2) is 0 Å².